The van der Waals surface area contributed by atoms with Crippen molar-refractivity contribution in [1.29, 1.82) is 0 Å². The number of carbonyl (C=O) groups is 2. The fourth-order valence-electron chi connectivity index (χ4n) is 1.95. The van der Waals surface area contributed by atoms with Gasteiger partial charge in [-0.2, -0.15) is 11.8 Å². The molecule has 1 fully saturated rings. The highest BCUT2D eigenvalue weighted by atomic mass is 32.2. The Morgan fingerprint density at radius 3 is 2.85 bits per heavy atom. The number of amides is 2. The maximum Gasteiger partial charge on any atom is 0.335 e. The topological polar surface area (TPSA) is 78.4 Å². The molecule has 0 aliphatic carbocycles. The smallest absolute Gasteiger partial charge is 0.335 e. The Morgan fingerprint density at radius 1 is 1.40 bits per heavy atom. The van der Waals surface area contributed by atoms with Gasteiger partial charge in [-0.1, -0.05) is 0 Å². The number of rotatable bonds is 3. The number of hydrogen-bond donors (Lipinski definition) is 3. The summed E-state index contributed by atoms with van der Waals surface area (Å²) in [5.74, 6) is 0.0977. The van der Waals surface area contributed by atoms with Crippen molar-refractivity contribution in [3.8, 4) is 0 Å². The SMILES string of the molecule is O=C(Nc1cc(C(=O)O)ccc1F)NC1CCCSC1. The largest absolute Gasteiger partial charge is 0.478 e. The van der Waals surface area contributed by atoms with Crippen LogP contribution >= 0.6 is 11.8 Å². The highest BCUT2D eigenvalue weighted by molar-refractivity contribution is 7.99. The van der Waals surface area contributed by atoms with Crippen LogP contribution in [-0.2, 0) is 0 Å². The molecule has 1 atom stereocenters. The predicted octanol–water partition coefficient (Wildman–Crippen LogP) is 2.54. The quantitative estimate of drug-likeness (QED) is 0.801. The van der Waals surface area contributed by atoms with Crippen molar-refractivity contribution >= 4 is 29.4 Å². The molecule has 108 valence electrons. The molecule has 2 rings (SSSR count). The summed E-state index contributed by atoms with van der Waals surface area (Å²) in [7, 11) is 0. The van der Waals surface area contributed by atoms with Crippen molar-refractivity contribution in [2.75, 3.05) is 16.8 Å². The van der Waals surface area contributed by atoms with E-state index in [9.17, 15) is 14.0 Å². The van der Waals surface area contributed by atoms with Gasteiger partial charge in [0.2, 0.25) is 0 Å². The van der Waals surface area contributed by atoms with Crippen LogP contribution < -0.4 is 10.6 Å². The van der Waals surface area contributed by atoms with Crippen molar-refractivity contribution in [1.82, 2.24) is 5.32 Å². The number of thioether (sulfide) groups is 1. The van der Waals surface area contributed by atoms with E-state index in [4.69, 9.17) is 5.11 Å². The molecular formula is C13H15FN2O3S. The van der Waals surface area contributed by atoms with Crippen molar-refractivity contribution in [2.24, 2.45) is 0 Å². The molecule has 0 saturated carbocycles. The highest BCUT2D eigenvalue weighted by Gasteiger charge is 2.17. The molecule has 0 bridgehead atoms. The van der Waals surface area contributed by atoms with E-state index in [0.717, 1.165) is 42.5 Å². The van der Waals surface area contributed by atoms with Crippen molar-refractivity contribution < 1.29 is 19.1 Å². The molecule has 1 saturated heterocycles. The van der Waals surface area contributed by atoms with Gasteiger partial charge in [0, 0.05) is 11.8 Å². The third kappa shape index (κ3) is 3.86. The highest BCUT2D eigenvalue weighted by Crippen LogP contribution is 2.18. The maximum atomic E-state index is 13.5. The van der Waals surface area contributed by atoms with Crippen LogP contribution in [0.15, 0.2) is 18.2 Å². The number of aromatic carboxylic acids is 1. The maximum absolute atomic E-state index is 13.5. The van der Waals surface area contributed by atoms with Crippen molar-refractivity contribution in [3.05, 3.63) is 29.6 Å². The molecule has 0 aromatic heterocycles. The minimum absolute atomic E-state index is 0.0690. The summed E-state index contributed by atoms with van der Waals surface area (Å²) < 4.78 is 13.5. The second kappa shape index (κ2) is 6.60. The van der Waals surface area contributed by atoms with Gasteiger partial charge < -0.3 is 15.7 Å². The van der Waals surface area contributed by atoms with Crippen LogP contribution in [0.3, 0.4) is 0 Å². The third-order valence-electron chi connectivity index (χ3n) is 2.96. The zero-order valence-corrected chi connectivity index (χ0v) is 11.5. The molecule has 1 heterocycles. The lowest BCUT2D eigenvalue weighted by Gasteiger charge is -2.22. The Kier molecular flexibility index (Phi) is 4.84. The monoisotopic (exact) mass is 298 g/mol. The first-order chi connectivity index (χ1) is 9.56. The minimum Gasteiger partial charge on any atom is -0.478 e. The van der Waals surface area contributed by atoms with Crippen LogP contribution in [0, 0.1) is 5.82 Å². The van der Waals surface area contributed by atoms with Crippen LogP contribution in [-0.4, -0.2) is 34.7 Å². The summed E-state index contributed by atoms with van der Waals surface area (Å²) in [6.07, 6.45) is 1.94. The molecule has 1 aromatic rings. The van der Waals surface area contributed by atoms with Gasteiger partial charge in [-0.25, -0.2) is 14.0 Å². The summed E-state index contributed by atoms with van der Waals surface area (Å²) in [6.45, 7) is 0. The molecule has 7 heteroatoms. The van der Waals surface area contributed by atoms with E-state index in [2.05, 4.69) is 10.6 Å². The minimum atomic E-state index is -1.17. The normalized spacial score (nSPS) is 18.4. The number of hydrogen-bond acceptors (Lipinski definition) is 3. The summed E-state index contributed by atoms with van der Waals surface area (Å²) in [6, 6.07) is 2.83. The fourth-order valence-corrected chi connectivity index (χ4v) is 3.02. The lowest BCUT2D eigenvalue weighted by molar-refractivity contribution is 0.0697. The fraction of sp³-hybridized carbons (Fsp3) is 0.385. The standard InChI is InChI=1S/C13H15FN2O3S/c14-10-4-3-8(12(17)18)6-11(10)16-13(19)15-9-2-1-5-20-7-9/h3-4,6,9H,1-2,5,7H2,(H,17,18)(H2,15,16,19). The molecule has 3 N–H and O–H groups in total. The van der Waals surface area contributed by atoms with Gasteiger partial charge in [-0.15, -0.1) is 0 Å². The number of urea groups is 1. The summed E-state index contributed by atoms with van der Waals surface area (Å²) in [5, 5.41) is 14.0. The van der Waals surface area contributed by atoms with Crippen molar-refractivity contribution in [3.63, 3.8) is 0 Å². The Labute approximate surface area is 119 Å². The van der Waals surface area contributed by atoms with Gasteiger partial charge >= 0.3 is 12.0 Å². The lowest BCUT2D eigenvalue weighted by atomic mass is 10.2. The molecule has 5 nitrogen and oxygen atoms in total. The van der Waals surface area contributed by atoms with Gasteiger partial charge in [0.1, 0.15) is 5.82 Å². The van der Waals surface area contributed by atoms with E-state index in [1.54, 1.807) is 11.8 Å². The second-order valence-corrected chi connectivity index (χ2v) is 5.66. The van der Waals surface area contributed by atoms with E-state index in [-0.39, 0.29) is 17.3 Å². The van der Waals surface area contributed by atoms with Crippen LogP contribution in [0.4, 0.5) is 14.9 Å². The van der Waals surface area contributed by atoms with Crippen LogP contribution in [0.2, 0.25) is 0 Å². The molecule has 0 spiro atoms. The first-order valence-corrected chi connectivity index (χ1v) is 7.40. The molecule has 1 aromatic carbocycles. The molecular weight excluding hydrogens is 283 g/mol. The van der Waals surface area contributed by atoms with Gasteiger partial charge in [-0.3, -0.25) is 0 Å². The Balaban J connectivity index is 1.99. The molecule has 20 heavy (non-hydrogen) atoms. The third-order valence-corrected chi connectivity index (χ3v) is 4.17. The van der Waals surface area contributed by atoms with Gasteiger partial charge in [0.05, 0.1) is 11.3 Å². The van der Waals surface area contributed by atoms with Crippen LogP contribution in [0.5, 0.6) is 0 Å². The van der Waals surface area contributed by atoms with E-state index in [1.807, 2.05) is 0 Å². The number of nitrogens with one attached hydrogen (secondary N) is 2. The van der Waals surface area contributed by atoms with E-state index < -0.39 is 17.8 Å². The molecule has 1 aliphatic rings. The number of carboxylic acid groups (broad SMARTS) is 1. The summed E-state index contributed by atoms with van der Waals surface area (Å²) in [5.41, 5.74) is -0.208. The zero-order chi connectivity index (χ0) is 14.5. The molecule has 0 radical (unpaired) electrons. The van der Waals surface area contributed by atoms with E-state index >= 15 is 0 Å². The second-order valence-electron chi connectivity index (χ2n) is 4.51. The van der Waals surface area contributed by atoms with Gasteiger partial charge in [0.15, 0.2) is 0 Å². The average Bonchev–Trinajstić information content (AvgIpc) is 2.42. The number of halogens is 1. The van der Waals surface area contributed by atoms with E-state index in [1.165, 1.54) is 0 Å². The Morgan fingerprint density at radius 2 is 2.20 bits per heavy atom. The van der Waals surface area contributed by atoms with Crippen molar-refractivity contribution in [2.45, 2.75) is 18.9 Å². The van der Waals surface area contributed by atoms with Gasteiger partial charge in [0.25, 0.3) is 0 Å². The average molecular weight is 298 g/mol. The molecule has 1 unspecified atom stereocenters. The van der Waals surface area contributed by atoms with Crippen LogP contribution in [0.25, 0.3) is 0 Å². The Hall–Kier alpha value is -1.76. The number of benzene rings is 1. The molecule has 2 amide bonds. The number of anilines is 1. The first kappa shape index (κ1) is 14.6. The summed E-state index contributed by atoms with van der Waals surface area (Å²) >= 11 is 1.77. The van der Waals surface area contributed by atoms with Crippen LogP contribution in [0.1, 0.15) is 23.2 Å². The number of carboxylic acids is 1. The zero-order valence-electron chi connectivity index (χ0n) is 10.7. The summed E-state index contributed by atoms with van der Waals surface area (Å²) in [4.78, 5) is 22.6. The van der Waals surface area contributed by atoms with E-state index in [0.29, 0.717) is 0 Å². The Bertz CT molecular complexity index is 518. The first-order valence-electron chi connectivity index (χ1n) is 6.24. The lowest BCUT2D eigenvalue weighted by Crippen LogP contribution is -2.41. The molecule has 1 aliphatic heterocycles. The van der Waals surface area contributed by atoms with Gasteiger partial charge in [-0.05, 0) is 36.8 Å². The predicted molar refractivity (Wildman–Crippen MR) is 75.9 cm³/mol. The number of carbonyl (C=O) groups excluding carboxylic acids is 1.